The maximum absolute atomic E-state index is 2.54. The van der Waals surface area contributed by atoms with Gasteiger partial charge in [0, 0.05) is 0 Å². The van der Waals surface area contributed by atoms with E-state index in [9.17, 15) is 0 Å². The first kappa shape index (κ1) is 13.4. The quantitative estimate of drug-likeness (QED) is 0.531. The predicted octanol–water partition coefficient (Wildman–Crippen LogP) is 2.50. The Balaban J connectivity index is 0. The first-order valence-electron chi connectivity index (χ1n) is 4.12. The zero-order valence-corrected chi connectivity index (χ0v) is 10.4. The second kappa shape index (κ2) is 9.76. The van der Waals surface area contributed by atoms with Crippen LogP contribution in [0.15, 0.2) is 0 Å². The van der Waals surface area contributed by atoms with Crippen molar-refractivity contribution in [3.05, 3.63) is 0 Å². The summed E-state index contributed by atoms with van der Waals surface area (Å²) in [6.07, 6.45) is 4.38. The van der Waals surface area contributed by atoms with Gasteiger partial charge in [-0.05, 0) is 0 Å². The molecular formula is C8H21OSn. The van der Waals surface area contributed by atoms with Crippen molar-refractivity contribution in [2.45, 2.75) is 46.9 Å². The summed E-state index contributed by atoms with van der Waals surface area (Å²) in [5.41, 5.74) is 0. The fourth-order valence-corrected chi connectivity index (χ4v) is 4.30. The van der Waals surface area contributed by atoms with Gasteiger partial charge in [-0.3, -0.25) is 0 Å². The molecule has 2 heteroatoms. The molecule has 0 heterocycles. The van der Waals surface area contributed by atoms with E-state index in [4.69, 9.17) is 0 Å². The third kappa shape index (κ3) is 8.76. The van der Waals surface area contributed by atoms with Crippen molar-refractivity contribution in [2.75, 3.05) is 0 Å². The molecule has 0 atom stereocenters. The number of hydrogen-bond donors (Lipinski definition) is 0. The number of hydrogen-bond acceptors (Lipinski definition) is 0. The van der Waals surface area contributed by atoms with Crippen LogP contribution in [0.5, 0.6) is 0 Å². The van der Waals surface area contributed by atoms with Crippen LogP contribution < -0.4 is 0 Å². The predicted molar refractivity (Wildman–Crippen MR) is 50.0 cm³/mol. The Kier molecular flexibility index (Phi) is 13.0. The van der Waals surface area contributed by atoms with Gasteiger partial charge in [-0.2, -0.15) is 0 Å². The van der Waals surface area contributed by atoms with Crippen molar-refractivity contribution >= 4 is 19.8 Å². The molecule has 1 radical (unpaired) electrons. The van der Waals surface area contributed by atoms with Gasteiger partial charge in [0.15, 0.2) is 0 Å². The van der Waals surface area contributed by atoms with E-state index in [-0.39, 0.29) is 5.48 Å². The van der Waals surface area contributed by atoms with Gasteiger partial charge in [0.05, 0.1) is 0 Å². The molecule has 63 valence electrons. The van der Waals surface area contributed by atoms with Crippen LogP contribution in [0.25, 0.3) is 0 Å². The topological polar surface area (TPSA) is 31.5 Å². The maximum atomic E-state index is 2.54. The van der Waals surface area contributed by atoms with Gasteiger partial charge >= 0.3 is 66.7 Å². The largest absolute Gasteiger partial charge is 0.412 e. The summed E-state index contributed by atoms with van der Waals surface area (Å²) >= 11 is -0.699. The van der Waals surface area contributed by atoms with E-state index in [2.05, 4.69) is 18.8 Å². The molecule has 0 aliphatic rings. The average Bonchev–Trinajstić information content (AvgIpc) is 1.89. The van der Waals surface area contributed by atoms with Gasteiger partial charge in [-0.25, -0.2) is 0 Å². The van der Waals surface area contributed by atoms with E-state index in [0.29, 0.717) is 0 Å². The zero-order valence-electron chi connectivity index (χ0n) is 7.54. The van der Waals surface area contributed by atoms with E-state index in [1.165, 1.54) is 19.3 Å². The molecule has 0 amide bonds. The van der Waals surface area contributed by atoms with Crippen molar-refractivity contribution in [3.63, 3.8) is 0 Å². The summed E-state index contributed by atoms with van der Waals surface area (Å²) in [6, 6.07) is 0. The van der Waals surface area contributed by atoms with Crippen molar-refractivity contribution in [2.24, 2.45) is 0 Å². The van der Waals surface area contributed by atoms with Crippen molar-refractivity contribution in [1.29, 1.82) is 0 Å². The number of rotatable bonds is 5. The summed E-state index contributed by atoms with van der Waals surface area (Å²) in [5.74, 6) is 0. The third-order valence-electron chi connectivity index (χ3n) is 1.81. The van der Waals surface area contributed by atoms with Gasteiger partial charge < -0.3 is 5.48 Å². The first-order valence-corrected chi connectivity index (χ1v) is 11.0. The SMILES string of the molecule is CCCC[CH2][Sn]([CH3])[CH2]C.O. The molecule has 1 nitrogen and oxygen atoms in total. The van der Waals surface area contributed by atoms with Gasteiger partial charge in [0.25, 0.3) is 0 Å². The molecule has 0 aliphatic heterocycles. The van der Waals surface area contributed by atoms with Crippen LogP contribution in [0.3, 0.4) is 0 Å². The summed E-state index contributed by atoms with van der Waals surface area (Å²) in [6.45, 7) is 4.64. The minimum Gasteiger partial charge on any atom is -0.412 e. The second-order valence-corrected chi connectivity index (χ2v) is 11.7. The standard InChI is InChI=1S/C5H11.C2H5.CH3.H2O.Sn/c1-3-5-4-2;1-2;;;/h1,3-5H2,2H3;1H2,2H3;1H3;1H2;. The summed E-state index contributed by atoms with van der Waals surface area (Å²) in [4.78, 5) is 2.54. The molecule has 0 aromatic carbocycles. The van der Waals surface area contributed by atoms with Gasteiger partial charge in [0.1, 0.15) is 0 Å². The van der Waals surface area contributed by atoms with Gasteiger partial charge in [-0.15, -0.1) is 0 Å². The van der Waals surface area contributed by atoms with Crippen LogP contribution >= 0.6 is 0 Å². The van der Waals surface area contributed by atoms with Crippen LogP contribution in [-0.2, 0) is 0 Å². The summed E-state index contributed by atoms with van der Waals surface area (Å²) in [5, 5.41) is 0. The Morgan fingerprint density at radius 3 is 2.10 bits per heavy atom. The van der Waals surface area contributed by atoms with Crippen LogP contribution in [0.2, 0.25) is 13.8 Å². The molecule has 10 heavy (non-hydrogen) atoms. The molecule has 0 unspecified atom stereocenters. The fraction of sp³-hybridized carbons (Fsp3) is 1.00. The smallest absolute Gasteiger partial charge is 0.412 e. The Morgan fingerprint density at radius 2 is 1.70 bits per heavy atom. The molecule has 0 aromatic rings. The minimum atomic E-state index is -0.699. The molecule has 0 saturated heterocycles. The molecule has 2 N–H and O–H groups in total. The van der Waals surface area contributed by atoms with E-state index in [1.54, 1.807) is 8.87 Å². The third-order valence-corrected chi connectivity index (χ3v) is 8.70. The van der Waals surface area contributed by atoms with E-state index >= 15 is 0 Å². The van der Waals surface area contributed by atoms with E-state index in [0.717, 1.165) is 0 Å². The Morgan fingerprint density at radius 1 is 1.10 bits per heavy atom. The van der Waals surface area contributed by atoms with Crippen LogP contribution in [0.4, 0.5) is 0 Å². The van der Waals surface area contributed by atoms with Crippen molar-refractivity contribution in [1.82, 2.24) is 0 Å². The van der Waals surface area contributed by atoms with Gasteiger partial charge in [-0.1, -0.05) is 0 Å². The molecule has 0 spiro atoms. The van der Waals surface area contributed by atoms with Crippen molar-refractivity contribution < 1.29 is 5.48 Å². The zero-order chi connectivity index (χ0) is 7.11. The Labute approximate surface area is 72.3 Å². The normalized spacial score (nSPS) is 9.60. The van der Waals surface area contributed by atoms with Crippen LogP contribution in [0.1, 0.15) is 33.1 Å². The Bertz CT molecular complexity index is 57.2. The first-order chi connectivity index (χ1) is 4.31. The van der Waals surface area contributed by atoms with E-state index < -0.39 is 19.8 Å². The second-order valence-electron chi connectivity index (χ2n) is 2.77. The minimum absolute atomic E-state index is 0. The van der Waals surface area contributed by atoms with Gasteiger partial charge in [0.2, 0.25) is 0 Å². The summed E-state index contributed by atoms with van der Waals surface area (Å²) < 4.78 is 3.18. The molecular weight excluding hydrogens is 231 g/mol. The monoisotopic (exact) mass is 253 g/mol. The summed E-state index contributed by atoms with van der Waals surface area (Å²) in [7, 11) is 0. The van der Waals surface area contributed by atoms with Crippen molar-refractivity contribution in [3.8, 4) is 0 Å². The molecule has 0 aliphatic carbocycles. The fourth-order valence-electron chi connectivity index (χ4n) is 0.854. The number of unbranched alkanes of at least 4 members (excludes halogenated alkanes) is 2. The van der Waals surface area contributed by atoms with Crippen LogP contribution in [-0.4, -0.2) is 25.2 Å². The molecule has 0 bridgehead atoms. The Hall–Kier alpha value is 0.759. The van der Waals surface area contributed by atoms with Crippen LogP contribution in [0, 0.1) is 0 Å². The average molecular weight is 252 g/mol. The molecule has 0 aromatic heterocycles. The maximum Gasteiger partial charge on any atom is -0.412 e. The molecule has 0 fully saturated rings. The van der Waals surface area contributed by atoms with E-state index in [1.807, 2.05) is 0 Å². The molecule has 0 rings (SSSR count). The molecule has 0 saturated carbocycles.